The fourth-order valence-electron chi connectivity index (χ4n) is 3.00. The van der Waals surface area contributed by atoms with Gasteiger partial charge in [0.1, 0.15) is 0 Å². The van der Waals surface area contributed by atoms with Crippen LogP contribution in [0.15, 0.2) is 11.6 Å². The summed E-state index contributed by atoms with van der Waals surface area (Å²) in [6, 6.07) is 0.110. The monoisotopic (exact) mass is 323 g/mol. The van der Waals surface area contributed by atoms with Gasteiger partial charge in [-0.1, -0.05) is 27.2 Å². The predicted octanol–water partition coefficient (Wildman–Crippen LogP) is 3.19. The average molecular weight is 323 g/mol. The molecule has 1 aromatic heterocycles. The summed E-state index contributed by atoms with van der Waals surface area (Å²) in [7, 11) is 0. The van der Waals surface area contributed by atoms with Crippen molar-refractivity contribution in [1.82, 2.24) is 10.3 Å². The van der Waals surface area contributed by atoms with Gasteiger partial charge in [0.25, 0.3) is 0 Å². The Labute approximate surface area is 135 Å². The highest BCUT2D eigenvalue weighted by Crippen LogP contribution is 2.40. The molecule has 2 rings (SSSR count). The highest BCUT2D eigenvalue weighted by atomic mass is 32.1. The van der Waals surface area contributed by atoms with E-state index in [1.807, 2.05) is 0 Å². The molecule has 1 heterocycles. The summed E-state index contributed by atoms with van der Waals surface area (Å²) in [4.78, 5) is 27.7. The molecule has 0 unspecified atom stereocenters. The van der Waals surface area contributed by atoms with Gasteiger partial charge in [-0.15, -0.1) is 11.3 Å². The second kappa shape index (κ2) is 7.22. The molecule has 0 aromatic carbocycles. The Morgan fingerprint density at radius 1 is 1.27 bits per heavy atom. The van der Waals surface area contributed by atoms with Crippen LogP contribution in [0.3, 0.4) is 0 Å². The van der Waals surface area contributed by atoms with Gasteiger partial charge in [-0.25, -0.2) is 4.98 Å². The lowest BCUT2D eigenvalue weighted by Gasteiger charge is -2.39. The van der Waals surface area contributed by atoms with E-state index in [0.717, 1.165) is 25.7 Å². The van der Waals surface area contributed by atoms with Crippen LogP contribution in [0.4, 0.5) is 5.13 Å². The molecule has 5 nitrogen and oxygen atoms in total. The van der Waals surface area contributed by atoms with Crippen molar-refractivity contribution in [3.8, 4) is 0 Å². The molecule has 0 spiro atoms. The maximum atomic E-state index is 11.9. The number of thiazole rings is 1. The number of amides is 2. The zero-order valence-corrected chi connectivity index (χ0v) is 14.3. The summed E-state index contributed by atoms with van der Waals surface area (Å²) >= 11 is 1.30. The number of anilines is 1. The standard InChI is InChI=1S/C16H25N3O2S/c1-4-16(2,3)11-5-7-12(8-6-11)18-13(20)14(21)19-15-17-9-10-22-15/h9-12H,4-8H2,1-3H3,(H,18,20)(H,17,19,21). The largest absolute Gasteiger partial charge is 0.345 e. The summed E-state index contributed by atoms with van der Waals surface area (Å²) < 4.78 is 0. The SMILES string of the molecule is CCC(C)(C)C1CCC(NC(=O)C(=O)Nc2nccs2)CC1. The molecule has 0 radical (unpaired) electrons. The molecular formula is C16H25N3O2S. The molecule has 1 aliphatic carbocycles. The van der Waals surface area contributed by atoms with E-state index >= 15 is 0 Å². The zero-order chi connectivity index (χ0) is 16.2. The van der Waals surface area contributed by atoms with E-state index in [9.17, 15) is 9.59 Å². The second-order valence-electron chi connectivity index (χ2n) is 6.66. The summed E-state index contributed by atoms with van der Waals surface area (Å²) in [5.74, 6) is -0.492. The topological polar surface area (TPSA) is 71.1 Å². The lowest BCUT2D eigenvalue weighted by Crippen LogP contribution is -2.44. The van der Waals surface area contributed by atoms with Crippen LogP contribution in [0.25, 0.3) is 0 Å². The Hall–Kier alpha value is -1.43. The average Bonchev–Trinajstić information content (AvgIpc) is 3.00. The van der Waals surface area contributed by atoms with Gasteiger partial charge in [-0.05, 0) is 37.0 Å². The first-order valence-electron chi connectivity index (χ1n) is 7.93. The highest BCUT2D eigenvalue weighted by Gasteiger charge is 2.32. The Balaban J connectivity index is 1.78. The van der Waals surface area contributed by atoms with Gasteiger partial charge < -0.3 is 5.32 Å². The fraction of sp³-hybridized carbons (Fsp3) is 0.688. The van der Waals surface area contributed by atoms with Crippen LogP contribution in [0.5, 0.6) is 0 Å². The minimum atomic E-state index is -0.633. The normalized spacial score (nSPS) is 22.1. The van der Waals surface area contributed by atoms with Gasteiger partial charge in [0.2, 0.25) is 0 Å². The van der Waals surface area contributed by atoms with Crippen molar-refractivity contribution >= 4 is 28.3 Å². The number of carbonyl (C=O) groups is 2. The number of nitrogens with zero attached hydrogens (tertiary/aromatic N) is 1. The van der Waals surface area contributed by atoms with E-state index in [-0.39, 0.29) is 6.04 Å². The second-order valence-corrected chi connectivity index (χ2v) is 7.55. The lowest BCUT2D eigenvalue weighted by molar-refractivity contribution is -0.136. The Morgan fingerprint density at radius 3 is 2.50 bits per heavy atom. The van der Waals surface area contributed by atoms with E-state index in [0.29, 0.717) is 16.5 Å². The molecule has 1 saturated carbocycles. The summed E-state index contributed by atoms with van der Waals surface area (Å²) in [6.45, 7) is 6.87. The van der Waals surface area contributed by atoms with Crippen molar-refractivity contribution < 1.29 is 9.59 Å². The van der Waals surface area contributed by atoms with Gasteiger partial charge in [0.05, 0.1) is 0 Å². The Bertz CT molecular complexity index is 505. The van der Waals surface area contributed by atoms with Crippen molar-refractivity contribution in [2.45, 2.75) is 58.9 Å². The zero-order valence-electron chi connectivity index (χ0n) is 13.5. The van der Waals surface area contributed by atoms with Crippen molar-refractivity contribution in [3.05, 3.63) is 11.6 Å². The summed E-state index contributed by atoms with van der Waals surface area (Å²) in [5, 5.41) is 7.56. The maximum Gasteiger partial charge on any atom is 0.315 e. The molecule has 2 amide bonds. The third-order valence-electron chi connectivity index (χ3n) is 4.94. The summed E-state index contributed by atoms with van der Waals surface area (Å²) in [5.41, 5.74) is 0.358. The van der Waals surface area contributed by atoms with Crippen LogP contribution in [-0.4, -0.2) is 22.8 Å². The Kier molecular flexibility index (Phi) is 5.56. The molecule has 122 valence electrons. The van der Waals surface area contributed by atoms with E-state index in [2.05, 4.69) is 36.4 Å². The van der Waals surface area contributed by atoms with Crippen LogP contribution in [0.2, 0.25) is 0 Å². The van der Waals surface area contributed by atoms with E-state index < -0.39 is 11.8 Å². The molecule has 1 aliphatic rings. The first-order valence-corrected chi connectivity index (χ1v) is 8.81. The molecule has 0 saturated heterocycles. The van der Waals surface area contributed by atoms with Gasteiger partial charge >= 0.3 is 11.8 Å². The molecule has 22 heavy (non-hydrogen) atoms. The number of aromatic nitrogens is 1. The van der Waals surface area contributed by atoms with Gasteiger partial charge in [0, 0.05) is 17.6 Å². The smallest absolute Gasteiger partial charge is 0.315 e. The third-order valence-corrected chi connectivity index (χ3v) is 5.63. The first-order chi connectivity index (χ1) is 10.4. The van der Waals surface area contributed by atoms with Gasteiger partial charge in [-0.3, -0.25) is 14.9 Å². The lowest BCUT2D eigenvalue weighted by atomic mass is 9.69. The van der Waals surface area contributed by atoms with Crippen molar-refractivity contribution in [3.63, 3.8) is 0 Å². The van der Waals surface area contributed by atoms with Crippen molar-refractivity contribution in [2.24, 2.45) is 11.3 Å². The van der Waals surface area contributed by atoms with Crippen LogP contribution in [0.1, 0.15) is 52.9 Å². The van der Waals surface area contributed by atoms with Crippen LogP contribution in [-0.2, 0) is 9.59 Å². The fourth-order valence-corrected chi connectivity index (χ4v) is 3.52. The number of rotatable bonds is 4. The van der Waals surface area contributed by atoms with Crippen molar-refractivity contribution in [1.29, 1.82) is 0 Å². The number of carbonyl (C=O) groups excluding carboxylic acids is 2. The quantitative estimate of drug-likeness (QED) is 0.836. The van der Waals surface area contributed by atoms with Gasteiger partial charge in [0.15, 0.2) is 5.13 Å². The number of hydrogen-bond acceptors (Lipinski definition) is 4. The molecule has 1 fully saturated rings. The van der Waals surface area contributed by atoms with Crippen LogP contribution >= 0.6 is 11.3 Å². The van der Waals surface area contributed by atoms with E-state index in [1.54, 1.807) is 11.6 Å². The van der Waals surface area contributed by atoms with Crippen LogP contribution < -0.4 is 10.6 Å². The molecule has 0 atom stereocenters. The number of nitrogens with one attached hydrogen (secondary N) is 2. The van der Waals surface area contributed by atoms with Gasteiger partial charge in [-0.2, -0.15) is 0 Å². The predicted molar refractivity (Wildman–Crippen MR) is 88.7 cm³/mol. The summed E-state index contributed by atoms with van der Waals surface area (Å²) in [6.07, 6.45) is 6.88. The van der Waals surface area contributed by atoms with E-state index in [4.69, 9.17) is 0 Å². The minimum Gasteiger partial charge on any atom is -0.345 e. The van der Waals surface area contributed by atoms with Crippen LogP contribution in [0, 0.1) is 11.3 Å². The molecule has 0 aliphatic heterocycles. The number of hydrogen-bond donors (Lipinski definition) is 2. The first kappa shape index (κ1) is 16.9. The molecule has 6 heteroatoms. The van der Waals surface area contributed by atoms with E-state index in [1.165, 1.54) is 17.8 Å². The third kappa shape index (κ3) is 4.29. The van der Waals surface area contributed by atoms with Crippen molar-refractivity contribution in [2.75, 3.05) is 5.32 Å². The molecule has 1 aromatic rings. The molecule has 0 bridgehead atoms. The maximum absolute atomic E-state index is 11.9. The molecule has 2 N–H and O–H groups in total. The Morgan fingerprint density at radius 2 is 1.95 bits per heavy atom. The minimum absolute atomic E-state index is 0.110. The highest BCUT2D eigenvalue weighted by molar-refractivity contribution is 7.13. The molecular weight excluding hydrogens is 298 g/mol.